The maximum atomic E-state index is 12.3. The molecule has 1 aromatic carbocycles. The SMILES string of the molecule is O=C(NC1CC2CCC1N2)c1ncc(Oc2cccc(Cl)c2)s1. The van der Waals surface area contributed by atoms with Crippen molar-refractivity contribution in [3.63, 3.8) is 0 Å². The fourth-order valence-corrected chi connectivity index (χ4v) is 4.14. The standard InChI is InChI=1S/C16H16ClN3O2S/c17-9-2-1-3-11(6-9)22-14-8-18-16(23-14)15(21)20-13-7-10-4-5-12(13)19-10/h1-3,6,8,10,12-13,19H,4-5,7H2,(H,20,21). The molecule has 2 N–H and O–H groups in total. The second-order valence-electron chi connectivity index (χ2n) is 5.91. The number of thiazole rings is 1. The molecule has 3 atom stereocenters. The molecule has 2 fully saturated rings. The van der Waals surface area contributed by atoms with Crippen LogP contribution in [0.1, 0.15) is 29.1 Å². The van der Waals surface area contributed by atoms with Gasteiger partial charge in [-0.2, -0.15) is 0 Å². The molecule has 120 valence electrons. The van der Waals surface area contributed by atoms with Crippen molar-refractivity contribution < 1.29 is 9.53 Å². The second kappa shape index (κ2) is 6.11. The number of amides is 1. The first-order chi connectivity index (χ1) is 11.2. The van der Waals surface area contributed by atoms with Gasteiger partial charge in [-0.25, -0.2) is 4.98 Å². The van der Waals surface area contributed by atoms with Crippen molar-refractivity contribution in [2.24, 2.45) is 0 Å². The molecule has 0 saturated carbocycles. The molecule has 1 aromatic heterocycles. The Bertz CT molecular complexity index is 736. The van der Waals surface area contributed by atoms with Gasteiger partial charge in [0.1, 0.15) is 5.75 Å². The molecule has 2 saturated heterocycles. The Labute approximate surface area is 143 Å². The smallest absolute Gasteiger partial charge is 0.280 e. The van der Waals surface area contributed by atoms with Crippen molar-refractivity contribution in [1.82, 2.24) is 15.6 Å². The maximum Gasteiger partial charge on any atom is 0.280 e. The monoisotopic (exact) mass is 349 g/mol. The van der Waals surface area contributed by atoms with Gasteiger partial charge in [0.15, 0.2) is 5.01 Å². The van der Waals surface area contributed by atoms with Gasteiger partial charge in [-0.1, -0.05) is 29.0 Å². The average molecular weight is 350 g/mol. The van der Waals surface area contributed by atoms with E-state index in [1.165, 1.54) is 17.8 Å². The maximum absolute atomic E-state index is 12.3. The second-order valence-corrected chi connectivity index (χ2v) is 7.34. The predicted octanol–water partition coefficient (Wildman–Crippen LogP) is 3.21. The summed E-state index contributed by atoms with van der Waals surface area (Å²) in [5.41, 5.74) is 0. The summed E-state index contributed by atoms with van der Waals surface area (Å²) < 4.78 is 5.69. The van der Waals surface area contributed by atoms with Crippen LogP contribution in [-0.2, 0) is 0 Å². The molecule has 7 heteroatoms. The number of carbonyl (C=O) groups is 1. The number of hydrogen-bond donors (Lipinski definition) is 2. The van der Waals surface area contributed by atoms with E-state index in [1.807, 2.05) is 12.1 Å². The summed E-state index contributed by atoms with van der Waals surface area (Å²) in [6, 6.07) is 8.31. The van der Waals surface area contributed by atoms with Crippen molar-refractivity contribution >= 4 is 28.8 Å². The van der Waals surface area contributed by atoms with Crippen LogP contribution in [0, 0.1) is 0 Å². The number of nitrogens with one attached hydrogen (secondary N) is 2. The molecule has 4 rings (SSSR count). The number of nitrogens with zero attached hydrogens (tertiary/aromatic N) is 1. The van der Waals surface area contributed by atoms with E-state index in [1.54, 1.807) is 18.3 Å². The molecule has 0 aliphatic carbocycles. The van der Waals surface area contributed by atoms with Gasteiger partial charge in [-0.15, -0.1) is 0 Å². The Morgan fingerprint density at radius 3 is 3.09 bits per heavy atom. The number of halogens is 1. The van der Waals surface area contributed by atoms with Crippen LogP contribution < -0.4 is 15.4 Å². The van der Waals surface area contributed by atoms with E-state index in [2.05, 4.69) is 15.6 Å². The Morgan fingerprint density at radius 2 is 2.35 bits per heavy atom. The highest BCUT2D eigenvalue weighted by Gasteiger charge is 2.39. The summed E-state index contributed by atoms with van der Waals surface area (Å²) in [5.74, 6) is 0.501. The fourth-order valence-electron chi connectivity index (χ4n) is 3.27. The Kier molecular flexibility index (Phi) is 3.97. The summed E-state index contributed by atoms with van der Waals surface area (Å²) >= 11 is 7.17. The van der Waals surface area contributed by atoms with Crippen molar-refractivity contribution in [3.05, 3.63) is 40.5 Å². The summed E-state index contributed by atoms with van der Waals surface area (Å²) in [7, 11) is 0. The van der Waals surface area contributed by atoms with Crippen molar-refractivity contribution in [2.75, 3.05) is 0 Å². The predicted molar refractivity (Wildman–Crippen MR) is 89.5 cm³/mol. The van der Waals surface area contributed by atoms with Gasteiger partial charge in [0, 0.05) is 23.1 Å². The third kappa shape index (κ3) is 3.20. The number of hydrogen-bond acceptors (Lipinski definition) is 5. The number of fused-ring (bicyclic) bond motifs is 2. The molecule has 3 heterocycles. The summed E-state index contributed by atoms with van der Waals surface area (Å²) in [4.78, 5) is 16.5. The Hall–Kier alpha value is -1.63. The van der Waals surface area contributed by atoms with Gasteiger partial charge < -0.3 is 15.4 Å². The van der Waals surface area contributed by atoms with E-state index in [-0.39, 0.29) is 11.9 Å². The van der Waals surface area contributed by atoms with Crippen LogP contribution in [0.15, 0.2) is 30.5 Å². The van der Waals surface area contributed by atoms with Crippen LogP contribution in [0.4, 0.5) is 0 Å². The van der Waals surface area contributed by atoms with Crippen LogP contribution >= 0.6 is 22.9 Å². The number of aromatic nitrogens is 1. The largest absolute Gasteiger partial charge is 0.445 e. The third-order valence-corrected chi connectivity index (χ3v) is 5.42. The van der Waals surface area contributed by atoms with E-state index in [9.17, 15) is 4.79 Å². The molecule has 1 amide bonds. The first-order valence-electron chi connectivity index (χ1n) is 7.63. The molecule has 2 aliphatic heterocycles. The average Bonchev–Trinajstić information content (AvgIpc) is 3.23. The van der Waals surface area contributed by atoms with Crippen LogP contribution in [-0.4, -0.2) is 29.0 Å². The summed E-state index contributed by atoms with van der Waals surface area (Å²) in [6.45, 7) is 0. The molecule has 0 radical (unpaired) electrons. The lowest BCUT2D eigenvalue weighted by Crippen LogP contribution is -2.42. The first kappa shape index (κ1) is 14.9. The lowest BCUT2D eigenvalue weighted by Gasteiger charge is -2.20. The molecule has 2 bridgehead atoms. The van der Waals surface area contributed by atoms with E-state index in [4.69, 9.17) is 16.3 Å². The quantitative estimate of drug-likeness (QED) is 0.889. The van der Waals surface area contributed by atoms with Crippen LogP contribution in [0.5, 0.6) is 10.8 Å². The van der Waals surface area contributed by atoms with E-state index >= 15 is 0 Å². The fraction of sp³-hybridized carbons (Fsp3) is 0.375. The van der Waals surface area contributed by atoms with Crippen LogP contribution in [0.3, 0.4) is 0 Å². The highest BCUT2D eigenvalue weighted by molar-refractivity contribution is 7.15. The summed E-state index contributed by atoms with van der Waals surface area (Å²) in [5, 5.41) is 8.19. The van der Waals surface area contributed by atoms with E-state index in [0.29, 0.717) is 32.9 Å². The van der Waals surface area contributed by atoms with Crippen LogP contribution in [0.25, 0.3) is 0 Å². The third-order valence-electron chi connectivity index (χ3n) is 4.31. The Morgan fingerprint density at radius 1 is 1.43 bits per heavy atom. The molecule has 2 aromatic rings. The molecular weight excluding hydrogens is 334 g/mol. The lowest BCUT2D eigenvalue weighted by molar-refractivity contribution is 0.0930. The van der Waals surface area contributed by atoms with Gasteiger partial charge in [-0.05, 0) is 37.5 Å². The minimum Gasteiger partial charge on any atom is -0.445 e. The summed E-state index contributed by atoms with van der Waals surface area (Å²) in [6.07, 6.45) is 4.93. The molecule has 0 spiro atoms. The van der Waals surface area contributed by atoms with Gasteiger partial charge in [0.2, 0.25) is 5.06 Å². The minimum absolute atomic E-state index is 0.129. The minimum atomic E-state index is -0.129. The molecular formula is C16H16ClN3O2S. The highest BCUT2D eigenvalue weighted by atomic mass is 35.5. The van der Waals surface area contributed by atoms with E-state index in [0.717, 1.165) is 12.8 Å². The molecule has 3 unspecified atom stereocenters. The first-order valence-corrected chi connectivity index (χ1v) is 8.83. The zero-order chi connectivity index (χ0) is 15.8. The number of benzene rings is 1. The van der Waals surface area contributed by atoms with Crippen molar-refractivity contribution in [2.45, 2.75) is 37.4 Å². The lowest BCUT2D eigenvalue weighted by atomic mass is 9.95. The number of ether oxygens (including phenoxy) is 1. The zero-order valence-corrected chi connectivity index (χ0v) is 13.9. The molecule has 2 aliphatic rings. The van der Waals surface area contributed by atoms with Crippen molar-refractivity contribution in [3.8, 4) is 10.8 Å². The normalized spacial score (nSPS) is 25.5. The van der Waals surface area contributed by atoms with Crippen molar-refractivity contribution in [1.29, 1.82) is 0 Å². The van der Waals surface area contributed by atoms with Gasteiger partial charge in [-0.3, -0.25) is 4.79 Å². The Balaban J connectivity index is 1.40. The van der Waals surface area contributed by atoms with Crippen LogP contribution in [0.2, 0.25) is 5.02 Å². The molecule has 23 heavy (non-hydrogen) atoms. The van der Waals surface area contributed by atoms with Gasteiger partial charge in [0.25, 0.3) is 5.91 Å². The van der Waals surface area contributed by atoms with E-state index < -0.39 is 0 Å². The zero-order valence-electron chi connectivity index (χ0n) is 12.3. The van der Waals surface area contributed by atoms with Gasteiger partial charge >= 0.3 is 0 Å². The number of rotatable bonds is 4. The molecule has 5 nitrogen and oxygen atoms in total. The van der Waals surface area contributed by atoms with Gasteiger partial charge in [0.05, 0.1) is 6.20 Å². The number of carbonyl (C=O) groups excluding carboxylic acids is 1. The highest BCUT2D eigenvalue weighted by Crippen LogP contribution is 2.31. The topological polar surface area (TPSA) is 63.2 Å².